The number of hydrogen-bond donors (Lipinski definition) is 6. The standard InChI is InChI=1S/C29H38N4O9/c1-19(34)31-23(17-21-8-10-22(35)11-9-21)28(39)32-24(16-20-6-4-3-5-7-20)29(40)33-25(18-26(36)37)27(38)30-12-13-42-15-14-41-2/h3-11,23-25,35H,12-18H2,1-2H3,(H,30,38)(H,31,34)(H,32,39)(H,33,40)(H,36,37)/t23-,24+,25-/m0/s1. The molecule has 228 valence electrons. The summed E-state index contributed by atoms with van der Waals surface area (Å²) in [6, 6.07) is 11.2. The van der Waals surface area contributed by atoms with Gasteiger partial charge in [0.15, 0.2) is 0 Å². The number of benzene rings is 2. The number of hydrogen-bond acceptors (Lipinski definition) is 8. The second-order valence-corrected chi connectivity index (χ2v) is 9.43. The zero-order chi connectivity index (χ0) is 30.9. The highest BCUT2D eigenvalue weighted by Gasteiger charge is 2.30. The van der Waals surface area contributed by atoms with E-state index in [0.717, 1.165) is 0 Å². The molecule has 0 fully saturated rings. The molecule has 2 aromatic rings. The van der Waals surface area contributed by atoms with Crippen molar-refractivity contribution >= 4 is 29.6 Å². The molecule has 0 saturated carbocycles. The molecule has 0 aromatic heterocycles. The van der Waals surface area contributed by atoms with Crippen LogP contribution in [0.5, 0.6) is 5.75 Å². The van der Waals surface area contributed by atoms with Crippen LogP contribution in [0.3, 0.4) is 0 Å². The van der Waals surface area contributed by atoms with Crippen LogP contribution < -0.4 is 21.3 Å². The number of carbonyl (C=O) groups excluding carboxylic acids is 4. The molecule has 0 aliphatic heterocycles. The first kappa shape index (κ1) is 33.7. The van der Waals surface area contributed by atoms with Crippen molar-refractivity contribution in [3.8, 4) is 5.75 Å². The summed E-state index contributed by atoms with van der Waals surface area (Å²) in [4.78, 5) is 62.9. The molecular formula is C29H38N4O9. The van der Waals surface area contributed by atoms with Gasteiger partial charge in [0.05, 0.1) is 26.2 Å². The molecule has 0 aliphatic rings. The fourth-order valence-electron chi connectivity index (χ4n) is 3.92. The Hall–Kier alpha value is -4.49. The summed E-state index contributed by atoms with van der Waals surface area (Å²) in [6.45, 7) is 2.17. The number of carboxylic acids is 1. The van der Waals surface area contributed by atoms with E-state index in [2.05, 4.69) is 21.3 Å². The van der Waals surface area contributed by atoms with Gasteiger partial charge in [-0.2, -0.15) is 0 Å². The van der Waals surface area contributed by atoms with Gasteiger partial charge in [-0.25, -0.2) is 0 Å². The quantitative estimate of drug-likeness (QED) is 0.130. The van der Waals surface area contributed by atoms with E-state index < -0.39 is 54.1 Å². The van der Waals surface area contributed by atoms with Crippen LogP contribution in [0.15, 0.2) is 54.6 Å². The predicted octanol–water partition coefficient (Wildman–Crippen LogP) is -0.0944. The minimum absolute atomic E-state index is 0.0269. The fourth-order valence-corrected chi connectivity index (χ4v) is 3.92. The van der Waals surface area contributed by atoms with E-state index in [4.69, 9.17) is 9.47 Å². The first-order chi connectivity index (χ1) is 20.1. The number of rotatable bonds is 18. The average molecular weight is 587 g/mol. The summed E-state index contributed by atoms with van der Waals surface area (Å²) in [6.07, 6.45) is -0.593. The lowest BCUT2D eigenvalue weighted by Gasteiger charge is -2.25. The van der Waals surface area contributed by atoms with Crippen molar-refractivity contribution in [1.82, 2.24) is 21.3 Å². The number of carboxylic acid groups (broad SMARTS) is 1. The Morgan fingerprint density at radius 2 is 1.31 bits per heavy atom. The van der Waals surface area contributed by atoms with Crippen LogP contribution in [0.2, 0.25) is 0 Å². The van der Waals surface area contributed by atoms with Crippen LogP contribution in [0.4, 0.5) is 0 Å². The monoisotopic (exact) mass is 586 g/mol. The molecule has 13 heteroatoms. The van der Waals surface area contributed by atoms with E-state index in [1.807, 2.05) is 0 Å². The predicted molar refractivity (Wildman–Crippen MR) is 151 cm³/mol. The maximum absolute atomic E-state index is 13.4. The van der Waals surface area contributed by atoms with Gasteiger partial charge in [-0.1, -0.05) is 42.5 Å². The normalized spacial score (nSPS) is 12.8. The van der Waals surface area contributed by atoms with E-state index >= 15 is 0 Å². The molecular weight excluding hydrogens is 548 g/mol. The highest BCUT2D eigenvalue weighted by Crippen LogP contribution is 2.12. The molecule has 6 N–H and O–H groups in total. The van der Waals surface area contributed by atoms with Crippen molar-refractivity contribution in [3.05, 3.63) is 65.7 Å². The van der Waals surface area contributed by atoms with E-state index in [-0.39, 0.29) is 31.7 Å². The van der Waals surface area contributed by atoms with E-state index in [0.29, 0.717) is 24.3 Å². The van der Waals surface area contributed by atoms with Crippen molar-refractivity contribution in [2.45, 2.75) is 44.3 Å². The number of aromatic hydroxyl groups is 1. The third kappa shape index (κ3) is 12.8. The topological polar surface area (TPSA) is 192 Å². The molecule has 2 aromatic carbocycles. The smallest absolute Gasteiger partial charge is 0.305 e. The molecule has 0 heterocycles. The van der Waals surface area contributed by atoms with Crippen molar-refractivity contribution in [2.24, 2.45) is 0 Å². The number of ether oxygens (including phenoxy) is 2. The molecule has 0 unspecified atom stereocenters. The summed E-state index contributed by atoms with van der Waals surface area (Å²) < 4.78 is 10.1. The van der Waals surface area contributed by atoms with Gasteiger partial charge in [0.1, 0.15) is 23.9 Å². The Labute approximate surface area is 244 Å². The maximum Gasteiger partial charge on any atom is 0.305 e. The van der Waals surface area contributed by atoms with Crippen LogP contribution in [-0.2, 0) is 46.3 Å². The van der Waals surface area contributed by atoms with E-state index in [1.165, 1.54) is 26.2 Å². The van der Waals surface area contributed by atoms with Crippen molar-refractivity contribution < 1.29 is 43.7 Å². The molecule has 13 nitrogen and oxygen atoms in total. The van der Waals surface area contributed by atoms with Crippen molar-refractivity contribution in [2.75, 3.05) is 33.5 Å². The Bertz CT molecular complexity index is 1180. The number of phenols is 1. The van der Waals surface area contributed by atoms with Crippen LogP contribution >= 0.6 is 0 Å². The molecule has 0 spiro atoms. The Balaban J connectivity index is 2.19. The largest absolute Gasteiger partial charge is 0.508 e. The highest BCUT2D eigenvalue weighted by molar-refractivity contribution is 5.95. The number of nitrogens with one attached hydrogen (secondary N) is 4. The zero-order valence-corrected chi connectivity index (χ0v) is 23.6. The number of phenolic OH excluding ortho intramolecular Hbond substituents is 1. The number of methoxy groups -OCH3 is 1. The SMILES string of the molecule is COCCOCCNC(=O)[C@H](CC(=O)O)NC(=O)[C@@H](Cc1ccccc1)NC(=O)[C@H](Cc1ccc(O)cc1)NC(C)=O. The Morgan fingerprint density at radius 3 is 1.88 bits per heavy atom. The van der Waals surface area contributed by atoms with Crippen LogP contribution in [0.25, 0.3) is 0 Å². The van der Waals surface area contributed by atoms with Gasteiger partial charge >= 0.3 is 5.97 Å². The van der Waals surface area contributed by atoms with Gasteiger partial charge in [0.25, 0.3) is 0 Å². The van der Waals surface area contributed by atoms with E-state index in [9.17, 15) is 34.2 Å². The summed E-state index contributed by atoms with van der Waals surface area (Å²) in [7, 11) is 1.52. The fraction of sp³-hybridized carbons (Fsp3) is 0.414. The summed E-state index contributed by atoms with van der Waals surface area (Å²) in [5, 5.41) is 29.1. The second-order valence-electron chi connectivity index (χ2n) is 9.43. The maximum atomic E-state index is 13.4. The molecule has 2 rings (SSSR count). The van der Waals surface area contributed by atoms with Crippen molar-refractivity contribution in [3.63, 3.8) is 0 Å². The molecule has 3 atom stereocenters. The van der Waals surface area contributed by atoms with Gasteiger partial charge in [-0.3, -0.25) is 24.0 Å². The number of amides is 4. The lowest BCUT2D eigenvalue weighted by molar-refractivity contribution is -0.141. The number of aliphatic carboxylic acids is 1. The molecule has 0 radical (unpaired) electrons. The van der Waals surface area contributed by atoms with Gasteiger partial charge in [-0.05, 0) is 23.3 Å². The second kappa shape index (κ2) is 18.0. The van der Waals surface area contributed by atoms with Crippen LogP contribution in [-0.4, -0.2) is 91.4 Å². The molecule has 0 saturated heterocycles. The third-order valence-corrected chi connectivity index (χ3v) is 5.97. The molecule has 4 amide bonds. The zero-order valence-electron chi connectivity index (χ0n) is 23.6. The van der Waals surface area contributed by atoms with Gasteiger partial charge in [-0.15, -0.1) is 0 Å². The van der Waals surface area contributed by atoms with E-state index in [1.54, 1.807) is 42.5 Å². The van der Waals surface area contributed by atoms with Crippen molar-refractivity contribution in [1.29, 1.82) is 0 Å². The first-order valence-electron chi connectivity index (χ1n) is 13.3. The third-order valence-electron chi connectivity index (χ3n) is 5.97. The number of carbonyl (C=O) groups is 5. The molecule has 0 aliphatic carbocycles. The Kier molecular flexibility index (Phi) is 14.5. The summed E-state index contributed by atoms with van der Waals surface area (Å²) >= 11 is 0. The summed E-state index contributed by atoms with van der Waals surface area (Å²) in [5.74, 6) is -3.91. The van der Waals surface area contributed by atoms with Gasteiger partial charge in [0.2, 0.25) is 23.6 Å². The minimum Gasteiger partial charge on any atom is -0.508 e. The highest BCUT2D eigenvalue weighted by atomic mass is 16.5. The minimum atomic E-state index is -1.42. The first-order valence-corrected chi connectivity index (χ1v) is 13.3. The molecule has 42 heavy (non-hydrogen) atoms. The molecule has 0 bridgehead atoms. The lowest BCUT2D eigenvalue weighted by Crippen LogP contribution is -2.58. The van der Waals surface area contributed by atoms with Crippen LogP contribution in [0, 0.1) is 0 Å². The summed E-state index contributed by atoms with van der Waals surface area (Å²) in [5.41, 5.74) is 1.34. The average Bonchev–Trinajstić information content (AvgIpc) is 2.94. The van der Waals surface area contributed by atoms with Gasteiger partial charge < -0.3 is 41.0 Å². The lowest BCUT2D eigenvalue weighted by atomic mass is 10.0. The Morgan fingerprint density at radius 1 is 0.738 bits per heavy atom. The van der Waals surface area contributed by atoms with Crippen LogP contribution in [0.1, 0.15) is 24.5 Å². The van der Waals surface area contributed by atoms with Gasteiger partial charge in [0, 0.05) is 33.4 Å².